The van der Waals surface area contributed by atoms with Gasteiger partial charge in [0.2, 0.25) is 10.0 Å². The number of fused-ring (bicyclic) bond motifs is 1. The smallest absolute Gasteiger partial charge is 0.254 e. The number of carbonyl (C=O) groups excluding carboxylic acids is 1. The van der Waals surface area contributed by atoms with Gasteiger partial charge in [0.1, 0.15) is 5.75 Å². The van der Waals surface area contributed by atoms with Gasteiger partial charge < -0.3 is 9.64 Å². The Morgan fingerprint density at radius 3 is 2.50 bits per heavy atom. The van der Waals surface area contributed by atoms with Crippen molar-refractivity contribution in [3.63, 3.8) is 0 Å². The molecule has 7 heteroatoms. The third-order valence-electron chi connectivity index (χ3n) is 5.34. The largest absolute Gasteiger partial charge is 0.497 e. The van der Waals surface area contributed by atoms with Gasteiger partial charge in [0.15, 0.2) is 0 Å². The van der Waals surface area contributed by atoms with E-state index in [1.807, 2.05) is 35.2 Å². The SMILES string of the molecule is COc1ccc(CN(C(=O)c2ccc3c(c2)CCN3S(C)(=O)=O)C2CC2)cc1. The van der Waals surface area contributed by atoms with Gasteiger partial charge in [-0.05, 0) is 60.7 Å². The van der Waals surface area contributed by atoms with Gasteiger partial charge in [0.25, 0.3) is 5.91 Å². The average molecular weight is 401 g/mol. The predicted octanol–water partition coefficient (Wildman–Crippen LogP) is 2.82. The zero-order chi connectivity index (χ0) is 19.9. The standard InChI is InChI=1S/C21H24N2O4S/c1-27-19-8-3-15(4-9-19)14-22(18-6-7-18)21(24)17-5-10-20-16(13-17)11-12-23(20)28(2,25)26/h3-5,8-10,13,18H,6-7,11-12,14H2,1-2H3. The fourth-order valence-electron chi connectivity index (χ4n) is 3.70. The molecule has 2 aliphatic rings. The minimum atomic E-state index is -3.29. The van der Waals surface area contributed by atoms with Crippen molar-refractivity contribution >= 4 is 21.6 Å². The van der Waals surface area contributed by atoms with Crippen LogP contribution in [0.15, 0.2) is 42.5 Å². The second kappa shape index (κ2) is 7.13. The molecule has 0 bridgehead atoms. The van der Waals surface area contributed by atoms with Crippen molar-refractivity contribution < 1.29 is 17.9 Å². The van der Waals surface area contributed by atoms with Crippen LogP contribution in [0.25, 0.3) is 0 Å². The highest BCUT2D eigenvalue weighted by Crippen LogP contribution is 2.33. The van der Waals surface area contributed by atoms with Crippen molar-refractivity contribution in [3.8, 4) is 5.75 Å². The van der Waals surface area contributed by atoms with Crippen molar-refractivity contribution in [1.82, 2.24) is 4.90 Å². The van der Waals surface area contributed by atoms with E-state index in [0.29, 0.717) is 30.8 Å². The molecule has 0 N–H and O–H groups in total. The number of hydrogen-bond acceptors (Lipinski definition) is 4. The van der Waals surface area contributed by atoms with Crippen LogP contribution in [0.3, 0.4) is 0 Å². The van der Waals surface area contributed by atoms with Gasteiger partial charge in [-0.3, -0.25) is 9.10 Å². The Balaban J connectivity index is 1.56. The number of sulfonamides is 1. The maximum Gasteiger partial charge on any atom is 0.254 e. The molecule has 2 aromatic carbocycles. The highest BCUT2D eigenvalue weighted by molar-refractivity contribution is 7.92. The van der Waals surface area contributed by atoms with Crippen molar-refractivity contribution in [2.24, 2.45) is 0 Å². The Morgan fingerprint density at radius 1 is 1.18 bits per heavy atom. The predicted molar refractivity (Wildman–Crippen MR) is 108 cm³/mol. The van der Waals surface area contributed by atoms with Crippen LogP contribution in [0, 0.1) is 0 Å². The highest BCUT2D eigenvalue weighted by Gasteiger charge is 2.34. The van der Waals surface area contributed by atoms with Crippen molar-refractivity contribution in [2.45, 2.75) is 31.8 Å². The molecular formula is C21H24N2O4S. The van der Waals surface area contributed by atoms with E-state index in [2.05, 4.69) is 0 Å². The van der Waals surface area contributed by atoms with Gasteiger partial charge in [-0.25, -0.2) is 8.42 Å². The summed E-state index contributed by atoms with van der Waals surface area (Å²) in [6.07, 6.45) is 3.89. The summed E-state index contributed by atoms with van der Waals surface area (Å²) in [7, 11) is -1.65. The summed E-state index contributed by atoms with van der Waals surface area (Å²) >= 11 is 0. The lowest BCUT2D eigenvalue weighted by molar-refractivity contribution is 0.0730. The molecule has 0 aromatic heterocycles. The highest BCUT2D eigenvalue weighted by atomic mass is 32.2. The van der Waals surface area contributed by atoms with Crippen LogP contribution in [-0.4, -0.2) is 45.2 Å². The van der Waals surface area contributed by atoms with E-state index in [0.717, 1.165) is 29.7 Å². The summed E-state index contributed by atoms with van der Waals surface area (Å²) in [5, 5.41) is 0. The maximum absolute atomic E-state index is 13.2. The minimum absolute atomic E-state index is 0.000997. The maximum atomic E-state index is 13.2. The number of anilines is 1. The van der Waals surface area contributed by atoms with Crippen LogP contribution in [0.5, 0.6) is 5.75 Å². The van der Waals surface area contributed by atoms with E-state index >= 15 is 0 Å². The van der Waals surface area contributed by atoms with Crippen LogP contribution in [0.4, 0.5) is 5.69 Å². The third kappa shape index (κ3) is 3.71. The van der Waals surface area contributed by atoms with Crippen molar-refractivity contribution in [2.75, 3.05) is 24.2 Å². The van der Waals surface area contributed by atoms with Crippen molar-refractivity contribution in [1.29, 1.82) is 0 Å². The molecule has 0 unspecified atom stereocenters. The number of methoxy groups -OCH3 is 1. The Bertz CT molecular complexity index is 998. The van der Waals surface area contributed by atoms with Gasteiger partial charge in [0.05, 0.1) is 19.1 Å². The summed E-state index contributed by atoms with van der Waals surface area (Å²) in [6, 6.07) is 13.4. The number of nitrogens with zero attached hydrogens (tertiary/aromatic N) is 2. The molecule has 0 atom stereocenters. The van der Waals surface area contributed by atoms with Gasteiger partial charge >= 0.3 is 0 Å². The zero-order valence-corrected chi connectivity index (χ0v) is 16.9. The molecule has 0 spiro atoms. The Morgan fingerprint density at radius 2 is 1.89 bits per heavy atom. The Kier molecular flexibility index (Phi) is 4.79. The first kappa shape index (κ1) is 18.8. The molecule has 0 saturated heterocycles. The Hall–Kier alpha value is -2.54. The lowest BCUT2D eigenvalue weighted by Crippen LogP contribution is -2.32. The number of rotatable bonds is 6. The molecule has 1 aliphatic carbocycles. The molecule has 6 nitrogen and oxygen atoms in total. The van der Waals surface area contributed by atoms with Crippen LogP contribution < -0.4 is 9.04 Å². The van der Waals surface area contributed by atoms with E-state index in [1.54, 1.807) is 19.2 Å². The lowest BCUT2D eigenvalue weighted by Gasteiger charge is -2.23. The lowest BCUT2D eigenvalue weighted by atomic mass is 10.1. The zero-order valence-electron chi connectivity index (χ0n) is 16.1. The molecule has 28 heavy (non-hydrogen) atoms. The molecule has 4 rings (SSSR count). The molecule has 1 amide bonds. The molecule has 2 aromatic rings. The summed E-state index contributed by atoms with van der Waals surface area (Å²) < 4.78 is 30.4. The first-order valence-electron chi connectivity index (χ1n) is 9.41. The topological polar surface area (TPSA) is 66.9 Å². The molecule has 148 valence electrons. The average Bonchev–Trinajstić information content (AvgIpc) is 3.42. The summed E-state index contributed by atoms with van der Waals surface area (Å²) in [6.45, 7) is 0.990. The monoisotopic (exact) mass is 400 g/mol. The fraction of sp³-hybridized carbons (Fsp3) is 0.381. The Labute approximate surface area is 165 Å². The normalized spacial score (nSPS) is 16.0. The van der Waals surface area contributed by atoms with E-state index in [1.165, 1.54) is 10.6 Å². The summed E-state index contributed by atoms with van der Waals surface area (Å²) in [5.74, 6) is 0.793. The van der Waals surface area contributed by atoms with Crippen molar-refractivity contribution in [3.05, 3.63) is 59.2 Å². The summed E-state index contributed by atoms with van der Waals surface area (Å²) in [5.41, 5.74) is 3.28. The van der Waals surface area contributed by atoms with E-state index in [-0.39, 0.29) is 11.9 Å². The molecule has 0 radical (unpaired) electrons. The molecule has 1 aliphatic heterocycles. The summed E-state index contributed by atoms with van der Waals surface area (Å²) in [4.78, 5) is 15.1. The number of amides is 1. The number of ether oxygens (including phenoxy) is 1. The molecule has 1 heterocycles. The van der Waals surface area contributed by atoms with E-state index in [9.17, 15) is 13.2 Å². The fourth-order valence-corrected chi connectivity index (χ4v) is 4.65. The van der Waals surface area contributed by atoms with Gasteiger partial charge in [-0.1, -0.05) is 12.1 Å². The molecule has 1 fully saturated rings. The minimum Gasteiger partial charge on any atom is -0.497 e. The first-order valence-corrected chi connectivity index (χ1v) is 11.3. The molecular weight excluding hydrogens is 376 g/mol. The molecule has 1 saturated carbocycles. The quantitative estimate of drug-likeness (QED) is 0.748. The second-order valence-corrected chi connectivity index (χ2v) is 9.35. The van der Waals surface area contributed by atoms with Gasteiger partial charge in [0, 0.05) is 24.7 Å². The van der Waals surface area contributed by atoms with E-state index in [4.69, 9.17) is 4.74 Å². The van der Waals surface area contributed by atoms with Crippen LogP contribution >= 0.6 is 0 Å². The van der Waals surface area contributed by atoms with Gasteiger partial charge in [-0.15, -0.1) is 0 Å². The first-order chi connectivity index (χ1) is 13.4. The van der Waals surface area contributed by atoms with Crippen LogP contribution in [0.1, 0.15) is 34.3 Å². The number of benzene rings is 2. The van der Waals surface area contributed by atoms with Gasteiger partial charge in [-0.2, -0.15) is 0 Å². The third-order valence-corrected chi connectivity index (χ3v) is 6.52. The second-order valence-electron chi connectivity index (χ2n) is 7.44. The van der Waals surface area contributed by atoms with Crippen LogP contribution in [-0.2, 0) is 23.0 Å². The van der Waals surface area contributed by atoms with E-state index < -0.39 is 10.0 Å². The van der Waals surface area contributed by atoms with Crippen LogP contribution in [0.2, 0.25) is 0 Å². The number of hydrogen-bond donors (Lipinski definition) is 0. The number of carbonyl (C=O) groups is 1.